The topological polar surface area (TPSA) is 87.4 Å². The van der Waals surface area contributed by atoms with E-state index in [1.165, 1.54) is 5.57 Å². The average molecular weight is 520 g/mol. The molecule has 1 unspecified atom stereocenters. The van der Waals surface area contributed by atoms with Gasteiger partial charge in [-0.25, -0.2) is 4.79 Å². The van der Waals surface area contributed by atoms with Gasteiger partial charge in [-0.1, -0.05) is 18.6 Å². The summed E-state index contributed by atoms with van der Waals surface area (Å²) in [5.41, 5.74) is 0.725. The molecule has 1 aliphatic carbocycles. The smallest absolute Gasteiger partial charge is 0.410 e. The van der Waals surface area contributed by atoms with E-state index >= 15 is 0 Å². The van der Waals surface area contributed by atoms with E-state index in [-0.39, 0.29) is 47.4 Å². The number of nitrogens with zero attached hydrogens (tertiary/aromatic N) is 3. The van der Waals surface area contributed by atoms with Gasteiger partial charge in [0.1, 0.15) is 23.4 Å². The predicted octanol–water partition coefficient (Wildman–Crippen LogP) is 2.69. The first-order chi connectivity index (χ1) is 17.7. The highest BCUT2D eigenvalue weighted by Gasteiger charge is 2.72. The summed E-state index contributed by atoms with van der Waals surface area (Å²) in [7, 11) is 1.71. The molecular weight excluding hydrogens is 474 g/mol. The number of likely N-dealkylation sites (N-methyl/N-ethyl adjacent to an activating group) is 1. The van der Waals surface area contributed by atoms with E-state index in [9.17, 15) is 9.59 Å². The third-order valence-corrected chi connectivity index (χ3v) is 9.36. The highest BCUT2D eigenvalue weighted by Crippen LogP contribution is 2.59. The Labute approximate surface area is 221 Å². The van der Waals surface area contributed by atoms with Crippen molar-refractivity contribution >= 4 is 12.0 Å². The zero-order chi connectivity index (χ0) is 26.4. The molecule has 1 saturated carbocycles. The SMILES string of the molecule is CCN1CCN(CCC2CN(C(=O)O[C@@H]3CC[C@]4(CO4)C([C@@]4(C)O[C@@H]4CC=C(C)C)[C@@H]3OC)C2)C(=O)C1. The highest BCUT2D eigenvalue weighted by molar-refractivity contribution is 5.79. The van der Waals surface area contributed by atoms with Crippen molar-refractivity contribution in [3.8, 4) is 0 Å². The van der Waals surface area contributed by atoms with Crippen LogP contribution in [0.4, 0.5) is 4.79 Å². The molecule has 0 aromatic rings. The average Bonchev–Trinajstić information content (AvgIpc) is 3.75. The molecule has 5 fully saturated rings. The molecule has 208 valence electrons. The van der Waals surface area contributed by atoms with Gasteiger partial charge in [-0.3, -0.25) is 9.69 Å². The molecule has 4 saturated heterocycles. The van der Waals surface area contributed by atoms with Crippen molar-refractivity contribution in [2.45, 2.75) is 82.9 Å². The summed E-state index contributed by atoms with van der Waals surface area (Å²) in [4.78, 5) is 31.3. The van der Waals surface area contributed by atoms with Crippen molar-refractivity contribution in [3.63, 3.8) is 0 Å². The van der Waals surface area contributed by atoms with Crippen molar-refractivity contribution in [3.05, 3.63) is 11.6 Å². The van der Waals surface area contributed by atoms with Crippen LogP contribution in [0.2, 0.25) is 0 Å². The Kier molecular flexibility index (Phi) is 7.62. The van der Waals surface area contributed by atoms with Crippen LogP contribution in [0.3, 0.4) is 0 Å². The van der Waals surface area contributed by atoms with Gasteiger partial charge < -0.3 is 28.7 Å². The number of amides is 2. The van der Waals surface area contributed by atoms with E-state index in [0.717, 1.165) is 58.5 Å². The Morgan fingerprint density at radius 2 is 2.00 bits per heavy atom. The number of methoxy groups -OCH3 is 1. The third kappa shape index (κ3) is 5.42. The zero-order valence-corrected chi connectivity index (χ0v) is 23.2. The molecule has 4 aliphatic heterocycles. The fourth-order valence-corrected chi connectivity index (χ4v) is 6.78. The molecule has 4 heterocycles. The number of epoxide rings is 2. The number of hydrogen-bond acceptors (Lipinski definition) is 7. The van der Waals surface area contributed by atoms with Crippen molar-refractivity contribution in [2.24, 2.45) is 11.8 Å². The molecule has 5 rings (SSSR count). The summed E-state index contributed by atoms with van der Waals surface area (Å²) in [6, 6.07) is 0. The zero-order valence-electron chi connectivity index (χ0n) is 23.2. The van der Waals surface area contributed by atoms with Crippen molar-refractivity contribution in [1.82, 2.24) is 14.7 Å². The lowest BCUT2D eigenvalue weighted by molar-refractivity contribution is -0.136. The van der Waals surface area contributed by atoms with Gasteiger partial charge in [0.05, 0.1) is 25.2 Å². The van der Waals surface area contributed by atoms with E-state index in [2.05, 4.69) is 38.7 Å². The fraction of sp³-hybridized carbons (Fsp3) is 0.857. The number of likely N-dealkylation sites (tertiary alicyclic amines) is 1. The van der Waals surface area contributed by atoms with Gasteiger partial charge in [0.2, 0.25) is 5.91 Å². The van der Waals surface area contributed by atoms with Crippen LogP contribution in [0, 0.1) is 11.8 Å². The molecule has 0 aromatic carbocycles. The summed E-state index contributed by atoms with van der Waals surface area (Å²) in [5, 5.41) is 0. The molecule has 0 bridgehead atoms. The molecule has 37 heavy (non-hydrogen) atoms. The second-order valence-electron chi connectivity index (χ2n) is 12.1. The van der Waals surface area contributed by atoms with Gasteiger partial charge in [-0.15, -0.1) is 0 Å². The monoisotopic (exact) mass is 519 g/mol. The van der Waals surface area contributed by atoms with Crippen LogP contribution in [0.25, 0.3) is 0 Å². The Balaban J connectivity index is 1.11. The van der Waals surface area contributed by atoms with E-state index in [1.807, 2.05) is 4.90 Å². The molecule has 1 spiro atoms. The quantitative estimate of drug-likeness (QED) is 0.342. The van der Waals surface area contributed by atoms with Crippen LogP contribution in [0.5, 0.6) is 0 Å². The molecule has 0 aromatic heterocycles. The van der Waals surface area contributed by atoms with Crippen LogP contribution in [-0.2, 0) is 23.7 Å². The Bertz CT molecular complexity index is 896. The lowest BCUT2D eigenvalue weighted by Gasteiger charge is -2.45. The molecule has 0 radical (unpaired) electrons. The number of allylic oxidation sites excluding steroid dienone is 1. The lowest BCUT2D eigenvalue weighted by atomic mass is 9.68. The number of hydrogen-bond donors (Lipinski definition) is 0. The molecule has 5 aliphatic rings. The van der Waals surface area contributed by atoms with Gasteiger partial charge in [0.25, 0.3) is 0 Å². The minimum atomic E-state index is -0.337. The van der Waals surface area contributed by atoms with Crippen LogP contribution in [-0.4, -0.2) is 116 Å². The summed E-state index contributed by atoms with van der Waals surface area (Å²) >= 11 is 0. The van der Waals surface area contributed by atoms with Crippen molar-refractivity contribution in [2.75, 3.05) is 59.5 Å². The van der Waals surface area contributed by atoms with E-state index in [4.69, 9.17) is 18.9 Å². The normalized spacial score (nSPS) is 37.9. The van der Waals surface area contributed by atoms with E-state index in [0.29, 0.717) is 25.6 Å². The Morgan fingerprint density at radius 1 is 1.24 bits per heavy atom. The largest absolute Gasteiger partial charge is 0.443 e. The minimum Gasteiger partial charge on any atom is -0.443 e. The van der Waals surface area contributed by atoms with Crippen LogP contribution in [0.15, 0.2) is 11.6 Å². The van der Waals surface area contributed by atoms with Crippen LogP contribution < -0.4 is 0 Å². The molecule has 2 amide bonds. The molecule has 6 atom stereocenters. The van der Waals surface area contributed by atoms with Crippen molar-refractivity contribution in [1.29, 1.82) is 0 Å². The fourth-order valence-electron chi connectivity index (χ4n) is 6.78. The summed E-state index contributed by atoms with van der Waals surface area (Å²) in [6.45, 7) is 14.5. The Hall–Kier alpha value is -1.68. The maximum absolute atomic E-state index is 13.0. The second kappa shape index (κ2) is 10.5. The number of rotatable bonds is 9. The Morgan fingerprint density at radius 3 is 2.62 bits per heavy atom. The second-order valence-corrected chi connectivity index (χ2v) is 12.1. The number of carbonyl (C=O) groups excluding carboxylic acids is 2. The molecule has 9 nitrogen and oxygen atoms in total. The lowest BCUT2D eigenvalue weighted by Crippen LogP contribution is -2.58. The van der Waals surface area contributed by atoms with E-state index in [1.54, 1.807) is 12.0 Å². The minimum absolute atomic E-state index is 0.0296. The van der Waals surface area contributed by atoms with Crippen LogP contribution in [0.1, 0.15) is 53.4 Å². The van der Waals surface area contributed by atoms with Gasteiger partial charge in [0.15, 0.2) is 0 Å². The van der Waals surface area contributed by atoms with Gasteiger partial charge in [0, 0.05) is 39.8 Å². The highest BCUT2D eigenvalue weighted by atomic mass is 16.6. The van der Waals surface area contributed by atoms with E-state index < -0.39 is 0 Å². The first-order valence-corrected chi connectivity index (χ1v) is 14.1. The molecular formula is C28H45N3O6. The third-order valence-electron chi connectivity index (χ3n) is 9.36. The molecule has 0 N–H and O–H groups in total. The summed E-state index contributed by atoms with van der Waals surface area (Å²) in [6.07, 6.45) is 4.92. The van der Waals surface area contributed by atoms with Crippen LogP contribution >= 0.6 is 0 Å². The van der Waals surface area contributed by atoms with Gasteiger partial charge in [-0.05, 0) is 58.9 Å². The van der Waals surface area contributed by atoms with Crippen molar-refractivity contribution < 1.29 is 28.5 Å². The standard InChI is InChI=1S/C28H45N3O6/c1-6-29-13-14-30(23(32)17-29)12-10-20-15-31(16-20)26(33)36-21-9-11-28(18-35-28)25(24(21)34-5)27(4)22(37-27)8-7-19(2)3/h7,20-22,24-25H,6,8-18H2,1-5H3/t21-,22-,24-,25?,27+,28+/m1/s1. The predicted molar refractivity (Wildman–Crippen MR) is 138 cm³/mol. The number of piperazine rings is 1. The summed E-state index contributed by atoms with van der Waals surface area (Å²) < 4.78 is 24.3. The maximum atomic E-state index is 13.0. The first-order valence-electron chi connectivity index (χ1n) is 14.1. The number of carbonyl (C=O) groups is 2. The summed E-state index contributed by atoms with van der Waals surface area (Å²) in [5.74, 6) is 0.663. The first kappa shape index (κ1) is 26.9. The molecule has 9 heteroatoms. The maximum Gasteiger partial charge on any atom is 0.410 e. The number of ether oxygens (including phenoxy) is 4. The van der Waals surface area contributed by atoms with Gasteiger partial charge in [-0.2, -0.15) is 0 Å². The van der Waals surface area contributed by atoms with Gasteiger partial charge >= 0.3 is 6.09 Å².